The van der Waals surface area contributed by atoms with Crippen LogP contribution in [-0.2, 0) is 9.47 Å². The molecule has 1 amide bonds. The van der Waals surface area contributed by atoms with Crippen LogP contribution in [0.15, 0.2) is 4.99 Å². The minimum Gasteiger partial charge on any atom is -0.453 e. The van der Waals surface area contributed by atoms with Crippen LogP contribution in [0.2, 0.25) is 0 Å². The SMILES string of the molecule is CCOC1CC(NC(=NC)NC2CCN(C(=O)OC)CC2)C12CCCCC2.I. The summed E-state index contributed by atoms with van der Waals surface area (Å²) in [6.07, 6.45) is 9.51. The van der Waals surface area contributed by atoms with Crippen molar-refractivity contribution in [1.29, 1.82) is 0 Å². The van der Waals surface area contributed by atoms with Crippen LogP contribution in [-0.4, -0.2) is 69.0 Å². The minimum absolute atomic E-state index is 0. The molecule has 2 unspecified atom stereocenters. The molecule has 28 heavy (non-hydrogen) atoms. The average molecular weight is 508 g/mol. The highest BCUT2D eigenvalue weighted by Gasteiger charge is 2.55. The molecule has 1 spiro atoms. The molecular weight excluding hydrogens is 471 g/mol. The molecule has 2 saturated carbocycles. The van der Waals surface area contributed by atoms with Gasteiger partial charge in [-0.2, -0.15) is 0 Å². The molecule has 0 radical (unpaired) electrons. The zero-order valence-corrected chi connectivity index (χ0v) is 19.9. The number of rotatable bonds is 4. The number of halogens is 1. The second-order valence-electron chi connectivity index (χ2n) is 8.12. The lowest BCUT2D eigenvalue weighted by atomic mass is 9.55. The molecule has 1 heterocycles. The Labute approximate surface area is 186 Å². The fourth-order valence-electron chi connectivity index (χ4n) is 5.13. The summed E-state index contributed by atoms with van der Waals surface area (Å²) >= 11 is 0. The van der Waals surface area contributed by atoms with Crippen LogP contribution < -0.4 is 10.6 Å². The van der Waals surface area contributed by atoms with Crippen molar-refractivity contribution in [3.05, 3.63) is 0 Å². The smallest absolute Gasteiger partial charge is 0.409 e. The number of aliphatic imine (C=N–C) groups is 1. The molecule has 2 atom stereocenters. The lowest BCUT2D eigenvalue weighted by molar-refractivity contribution is -0.145. The van der Waals surface area contributed by atoms with E-state index >= 15 is 0 Å². The molecule has 8 heteroatoms. The fraction of sp³-hybridized carbons (Fsp3) is 0.900. The number of hydrogen-bond acceptors (Lipinski definition) is 4. The van der Waals surface area contributed by atoms with E-state index in [4.69, 9.17) is 9.47 Å². The van der Waals surface area contributed by atoms with Gasteiger partial charge in [-0.1, -0.05) is 19.3 Å². The summed E-state index contributed by atoms with van der Waals surface area (Å²) < 4.78 is 10.9. The van der Waals surface area contributed by atoms with Gasteiger partial charge in [0.2, 0.25) is 0 Å². The van der Waals surface area contributed by atoms with Gasteiger partial charge in [0.25, 0.3) is 0 Å². The van der Waals surface area contributed by atoms with Crippen LogP contribution in [0.3, 0.4) is 0 Å². The third-order valence-electron chi connectivity index (χ3n) is 6.74. The third-order valence-corrected chi connectivity index (χ3v) is 6.74. The van der Waals surface area contributed by atoms with Gasteiger partial charge in [-0.3, -0.25) is 4.99 Å². The molecule has 0 bridgehead atoms. The van der Waals surface area contributed by atoms with Crippen molar-refractivity contribution in [2.24, 2.45) is 10.4 Å². The third kappa shape index (κ3) is 5.04. The maximum atomic E-state index is 11.6. The van der Waals surface area contributed by atoms with Crippen molar-refractivity contribution in [2.45, 2.75) is 76.5 Å². The number of nitrogens with zero attached hydrogens (tertiary/aromatic N) is 2. The van der Waals surface area contributed by atoms with Gasteiger partial charge in [0.05, 0.1) is 13.2 Å². The van der Waals surface area contributed by atoms with E-state index in [1.54, 1.807) is 4.90 Å². The number of ether oxygens (including phenoxy) is 2. The normalized spacial score (nSPS) is 27.5. The number of carbonyl (C=O) groups excluding carboxylic acids is 1. The number of piperidine rings is 1. The molecule has 1 saturated heterocycles. The first-order valence-corrected chi connectivity index (χ1v) is 10.6. The first-order valence-electron chi connectivity index (χ1n) is 10.6. The first kappa shape index (κ1) is 23.5. The fourth-order valence-corrected chi connectivity index (χ4v) is 5.13. The molecule has 0 aromatic carbocycles. The lowest BCUT2D eigenvalue weighted by Gasteiger charge is -2.58. The number of hydrogen-bond donors (Lipinski definition) is 2. The molecule has 2 aliphatic carbocycles. The van der Waals surface area contributed by atoms with Crippen LogP contribution in [0.5, 0.6) is 0 Å². The Kier molecular flexibility index (Phi) is 9.11. The molecule has 162 valence electrons. The van der Waals surface area contributed by atoms with Gasteiger partial charge < -0.3 is 25.0 Å². The zero-order valence-electron chi connectivity index (χ0n) is 17.5. The maximum absolute atomic E-state index is 11.6. The molecule has 0 aromatic heterocycles. The van der Waals surface area contributed by atoms with E-state index in [1.165, 1.54) is 39.2 Å². The van der Waals surface area contributed by atoms with E-state index in [9.17, 15) is 4.79 Å². The minimum atomic E-state index is -0.230. The van der Waals surface area contributed by atoms with E-state index in [1.807, 2.05) is 7.05 Å². The predicted octanol–water partition coefficient (Wildman–Crippen LogP) is 3.13. The van der Waals surface area contributed by atoms with Gasteiger partial charge in [-0.25, -0.2) is 4.79 Å². The predicted molar refractivity (Wildman–Crippen MR) is 121 cm³/mol. The van der Waals surface area contributed by atoms with Crippen LogP contribution in [0.25, 0.3) is 0 Å². The number of amides is 1. The van der Waals surface area contributed by atoms with E-state index in [-0.39, 0.29) is 35.5 Å². The van der Waals surface area contributed by atoms with Crippen molar-refractivity contribution in [3.63, 3.8) is 0 Å². The summed E-state index contributed by atoms with van der Waals surface area (Å²) in [6.45, 7) is 4.34. The van der Waals surface area contributed by atoms with Crippen molar-refractivity contribution in [2.75, 3.05) is 33.9 Å². The number of guanidine groups is 1. The van der Waals surface area contributed by atoms with E-state index in [0.29, 0.717) is 18.2 Å². The number of nitrogens with one attached hydrogen (secondary N) is 2. The molecule has 7 nitrogen and oxygen atoms in total. The summed E-state index contributed by atoms with van der Waals surface area (Å²) in [5, 5.41) is 7.27. The Bertz CT molecular complexity index is 532. The Morgan fingerprint density at radius 3 is 2.43 bits per heavy atom. The van der Waals surface area contributed by atoms with E-state index < -0.39 is 0 Å². The summed E-state index contributed by atoms with van der Waals surface area (Å²) in [5.74, 6) is 0.886. The van der Waals surface area contributed by atoms with Crippen molar-refractivity contribution in [1.82, 2.24) is 15.5 Å². The highest BCUT2D eigenvalue weighted by Crippen LogP contribution is 2.53. The van der Waals surface area contributed by atoms with Crippen molar-refractivity contribution >= 4 is 36.0 Å². The monoisotopic (exact) mass is 508 g/mol. The Hall–Kier alpha value is -0.770. The summed E-state index contributed by atoms with van der Waals surface area (Å²) in [7, 11) is 3.28. The Morgan fingerprint density at radius 1 is 1.18 bits per heavy atom. The number of carbonyl (C=O) groups is 1. The van der Waals surface area contributed by atoms with E-state index in [2.05, 4.69) is 22.5 Å². The second kappa shape index (κ2) is 10.8. The van der Waals surface area contributed by atoms with Crippen LogP contribution in [0, 0.1) is 5.41 Å². The Balaban J connectivity index is 0.00000280. The standard InChI is InChI=1S/C20H36N4O3.HI/c1-4-27-17-14-16(20(17)10-6-5-7-11-20)23-18(21-2)22-15-8-12-24(13-9-15)19(25)26-3;/h15-17H,4-14H2,1-3H3,(H2,21,22,23);1H. The van der Waals surface area contributed by atoms with Gasteiger partial charge in [0.15, 0.2) is 5.96 Å². The van der Waals surface area contributed by atoms with Gasteiger partial charge >= 0.3 is 6.09 Å². The quantitative estimate of drug-likeness (QED) is 0.347. The molecule has 2 N–H and O–H groups in total. The molecule has 3 fully saturated rings. The lowest BCUT2D eigenvalue weighted by Crippen LogP contribution is -2.67. The zero-order chi connectivity index (χ0) is 19.3. The molecule has 3 rings (SSSR count). The second-order valence-corrected chi connectivity index (χ2v) is 8.12. The average Bonchev–Trinajstić information content (AvgIpc) is 2.72. The molecule has 1 aliphatic heterocycles. The van der Waals surface area contributed by atoms with Crippen molar-refractivity contribution < 1.29 is 14.3 Å². The summed E-state index contributed by atoms with van der Waals surface area (Å²) in [5.41, 5.74) is 0.278. The van der Waals surface area contributed by atoms with Crippen molar-refractivity contribution in [3.8, 4) is 0 Å². The summed E-state index contributed by atoms with van der Waals surface area (Å²) in [6, 6.07) is 0.776. The number of likely N-dealkylation sites (tertiary alicyclic amines) is 1. The maximum Gasteiger partial charge on any atom is 0.409 e. The van der Waals surface area contributed by atoms with Gasteiger partial charge in [-0.15, -0.1) is 24.0 Å². The van der Waals surface area contributed by atoms with Gasteiger partial charge in [0.1, 0.15) is 0 Å². The summed E-state index contributed by atoms with van der Waals surface area (Å²) in [4.78, 5) is 17.9. The van der Waals surface area contributed by atoms with Crippen LogP contribution in [0.1, 0.15) is 58.3 Å². The molecule has 3 aliphatic rings. The first-order chi connectivity index (χ1) is 13.1. The highest BCUT2D eigenvalue weighted by molar-refractivity contribution is 14.0. The molecular formula is C20H37IN4O3. The molecule has 0 aromatic rings. The highest BCUT2D eigenvalue weighted by atomic mass is 127. The van der Waals surface area contributed by atoms with Crippen LogP contribution in [0.4, 0.5) is 4.79 Å². The van der Waals surface area contributed by atoms with Crippen LogP contribution >= 0.6 is 24.0 Å². The van der Waals surface area contributed by atoms with E-state index in [0.717, 1.165) is 44.9 Å². The Morgan fingerprint density at radius 2 is 1.86 bits per heavy atom. The number of methoxy groups -OCH3 is 1. The van der Waals surface area contributed by atoms with Gasteiger partial charge in [0, 0.05) is 44.2 Å². The topological polar surface area (TPSA) is 75.2 Å². The van der Waals surface area contributed by atoms with Gasteiger partial charge in [-0.05, 0) is 39.0 Å². The largest absolute Gasteiger partial charge is 0.453 e.